The number of rotatable bonds is 5. The Kier molecular flexibility index (Phi) is 5.20. The third-order valence-corrected chi connectivity index (χ3v) is 3.82. The summed E-state index contributed by atoms with van der Waals surface area (Å²) < 4.78 is 5.07. The molecule has 0 saturated carbocycles. The van der Waals surface area contributed by atoms with Crippen molar-refractivity contribution < 1.29 is 14.3 Å². The molecule has 1 aromatic rings. The van der Waals surface area contributed by atoms with Crippen molar-refractivity contribution in [1.29, 1.82) is 0 Å². The Labute approximate surface area is 129 Å². The number of Topliss-reactive ketones (excluding diaryl/α,β-unsaturated/α-hetero) is 1. The Morgan fingerprint density at radius 3 is 2.86 bits per heavy atom. The van der Waals surface area contributed by atoms with E-state index in [1.54, 1.807) is 18.2 Å². The minimum Gasteiger partial charge on any atom is -0.495 e. The fraction of sp³-hybridized carbons (Fsp3) is 0.467. The van der Waals surface area contributed by atoms with Gasteiger partial charge in [0.15, 0.2) is 5.78 Å². The van der Waals surface area contributed by atoms with Crippen LogP contribution in [-0.4, -0.2) is 49.4 Å². The molecule has 1 unspecified atom stereocenters. The quantitative estimate of drug-likeness (QED) is 0.842. The zero-order valence-electron chi connectivity index (χ0n) is 12.2. The number of ketones is 1. The van der Waals surface area contributed by atoms with Crippen molar-refractivity contribution in [2.75, 3.05) is 26.7 Å². The van der Waals surface area contributed by atoms with Crippen LogP contribution in [0.15, 0.2) is 18.2 Å². The number of carbonyl (C=O) groups is 2. The van der Waals surface area contributed by atoms with Gasteiger partial charge in [-0.05, 0) is 24.6 Å². The number of amides is 1. The number of methoxy groups -OCH3 is 1. The third-order valence-electron chi connectivity index (χ3n) is 3.52. The fourth-order valence-corrected chi connectivity index (χ4v) is 2.77. The average molecular weight is 311 g/mol. The second-order valence-corrected chi connectivity index (χ2v) is 5.60. The topological polar surface area (TPSA) is 58.6 Å². The monoisotopic (exact) mass is 310 g/mol. The fourth-order valence-electron chi connectivity index (χ4n) is 2.52. The molecule has 0 bridgehead atoms. The molecule has 1 N–H and O–H groups in total. The molecular formula is C15H19ClN2O3. The molecule has 1 heterocycles. The molecule has 21 heavy (non-hydrogen) atoms. The number of carbonyl (C=O) groups excluding carboxylic acids is 2. The molecule has 6 heteroatoms. The van der Waals surface area contributed by atoms with Gasteiger partial charge in [-0.25, -0.2) is 0 Å². The molecule has 1 aliphatic rings. The van der Waals surface area contributed by atoms with Crippen LogP contribution >= 0.6 is 11.6 Å². The summed E-state index contributed by atoms with van der Waals surface area (Å²) in [5.41, 5.74) is 0.573. The molecule has 1 aliphatic heterocycles. The zero-order chi connectivity index (χ0) is 15.4. The molecule has 0 aliphatic carbocycles. The van der Waals surface area contributed by atoms with Gasteiger partial charge in [-0.15, -0.1) is 0 Å². The SMILES string of the molecule is COc1ccc(C(=O)CN2CCC(NC(C)=O)C2)cc1Cl. The van der Waals surface area contributed by atoms with Crippen LogP contribution in [-0.2, 0) is 4.79 Å². The van der Waals surface area contributed by atoms with Crippen LogP contribution in [0.5, 0.6) is 5.75 Å². The van der Waals surface area contributed by atoms with E-state index in [0.717, 1.165) is 13.0 Å². The van der Waals surface area contributed by atoms with Crippen LogP contribution in [0.1, 0.15) is 23.7 Å². The van der Waals surface area contributed by atoms with E-state index < -0.39 is 0 Å². The molecule has 5 nitrogen and oxygen atoms in total. The summed E-state index contributed by atoms with van der Waals surface area (Å²) in [6.45, 7) is 3.35. The van der Waals surface area contributed by atoms with Crippen molar-refractivity contribution >= 4 is 23.3 Å². The Morgan fingerprint density at radius 2 is 2.24 bits per heavy atom. The normalized spacial score (nSPS) is 18.5. The highest BCUT2D eigenvalue weighted by molar-refractivity contribution is 6.32. The number of ether oxygens (including phenoxy) is 1. The van der Waals surface area contributed by atoms with Gasteiger partial charge >= 0.3 is 0 Å². The summed E-state index contributed by atoms with van der Waals surface area (Å²) in [5.74, 6) is 0.540. The Bertz CT molecular complexity index is 548. The number of nitrogens with one attached hydrogen (secondary N) is 1. The first-order valence-corrected chi connectivity index (χ1v) is 7.23. The van der Waals surface area contributed by atoms with Crippen LogP contribution < -0.4 is 10.1 Å². The van der Waals surface area contributed by atoms with Gasteiger partial charge in [0.2, 0.25) is 5.91 Å². The number of nitrogens with zero attached hydrogens (tertiary/aromatic N) is 1. The lowest BCUT2D eigenvalue weighted by atomic mass is 10.1. The summed E-state index contributed by atoms with van der Waals surface area (Å²) in [6.07, 6.45) is 0.871. The number of likely N-dealkylation sites (tertiary alicyclic amines) is 1. The highest BCUT2D eigenvalue weighted by Gasteiger charge is 2.24. The summed E-state index contributed by atoms with van der Waals surface area (Å²) in [4.78, 5) is 25.3. The highest BCUT2D eigenvalue weighted by Crippen LogP contribution is 2.25. The lowest BCUT2D eigenvalue weighted by Gasteiger charge is -2.15. The minimum atomic E-state index is -0.0323. The summed E-state index contributed by atoms with van der Waals surface area (Å²) in [5, 5.41) is 3.31. The van der Waals surface area contributed by atoms with Gasteiger partial charge in [0.1, 0.15) is 5.75 Å². The van der Waals surface area contributed by atoms with E-state index in [1.165, 1.54) is 14.0 Å². The molecule has 1 fully saturated rings. The summed E-state index contributed by atoms with van der Waals surface area (Å²) in [7, 11) is 1.54. The van der Waals surface area contributed by atoms with E-state index in [4.69, 9.17) is 16.3 Å². The van der Waals surface area contributed by atoms with Gasteiger partial charge in [-0.3, -0.25) is 14.5 Å². The number of hydrogen-bond acceptors (Lipinski definition) is 4. The van der Waals surface area contributed by atoms with E-state index in [2.05, 4.69) is 5.32 Å². The number of hydrogen-bond donors (Lipinski definition) is 1. The van der Waals surface area contributed by atoms with E-state index in [1.807, 2.05) is 4.90 Å². The molecule has 1 atom stereocenters. The van der Waals surface area contributed by atoms with Crippen LogP contribution in [0.4, 0.5) is 0 Å². The lowest BCUT2D eigenvalue weighted by molar-refractivity contribution is -0.119. The van der Waals surface area contributed by atoms with Gasteiger partial charge in [0.25, 0.3) is 0 Å². The van der Waals surface area contributed by atoms with Crippen molar-refractivity contribution in [3.05, 3.63) is 28.8 Å². The van der Waals surface area contributed by atoms with Crippen LogP contribution in [0.25, 0.3) is 0 Å². The summed E-state index contributed by atoms with van der Waals surface area (Å²) >= 11 is 6.03. The maximum atomic E-state index is 12.3. The van der Waals surface area contributed by atoms with Gasteiger partial charge < -0.3 is 10.1 Å². The highest BCUT2D eigenvalue weighted by atomic mass is 35.5. The van der Waals surface area contributed by atoms with E-state index >= 15 is 0 Å². The number of halogens is 1. The van der Waals surface area contributed by atoms with Crippen molar-refractivity contribution in [1.82, 2.24) is 10.2 Å². The van der Waals surface area contributed by atoms with E-state index in [0.29, 0.717) is 29.4 Å². The molecule has 1 amide bonds. The van der Waals surface area contributed by atoms with Crippen molar-refractivity contribution in [3.63, 3.8) is 0 Å². The first kappa shape index (κ1) is 15.8. The Morgan fingerprint density at radius 1 is 1.48 bits per heavy atom. The largest absolute Gasteiger partial charge is 0.495 e. The van der Waals surface area contributed by atoms with Crippen LogP contribution in [0.2, 0.25) is 5.02 Å². The molecule has 1 aromatic carbocycles. The maximum absolute atomic E-state index is 12.3. The Hall–Kier alpha value is -1.59. The smallest absolute Gasteiger partial charge is 0.217 e. The molecule has 2 rings (SSSR count). The number of benzene rings is 1. The molecule has 1 saturated heterocycles. The molecule has 0 aromatic heterocycles. The summed E-state index contributed by atoms with van der Waals surface area (Å²) in [6, 6.07) is 5.17. The molecule has 0 spiro atoms. The van der Waals surface area contributed by atoms with Gasteiger partial charge in [0, 0.05) is 31.6 Å². The zero-order valence-corrected chi connectivity index (χ0v) is 12.9. The van der Waals surface area contributed by atoms with Crippen LogP contribution in [0.3, 0.4) is 0 Å². The molecule has 114 valence electrons. The van der Waals surface area contributed by atoms with Gasteiger partial charge in [-0.1, -0.05) is 11.6 Å². The average Bonchev–Trinajstić information content (AvgIpc) is 2.84. The predicted molar refractivity (Wildman–Crippen MR) is 81.0 cm³/mol. The predicted octanol–water partition coefficient (Wildman–Crippen LogP) is 1.74. The lowest BCUT2D eigenvalue weighted by Crippen LogP contribution is -2.36. The third kappa shape index (κ3) is 4.19. The van der Waals surface area contributed by atoms with Gasteiger partial charge in [0.05, 0.1) is 18.7 Å². The Balaban J connectivity index is 1.93. The maximum Gasteiger partial charge on any atom is 0.217 e. The van der Waals surface area contributed by atoms with Gasteiger partial charge in [-0.2, -0.15) is 0 Å². The standard InChI is InChI=1S/C15H19ClN2O3/c1-10(19)17-12-5-6-18(8-12)9-14(20)11-3-4-15(21-2)13(16)7-11/h3-4,7,12H,5-6,8-9H2,1-2H3,(H,17,19). The van der Waals surface area contributed by atoms with Crippen molar-refractivity contribution in [2.24, 2.45) is 0 Å². The van der Waals surface area contributed by atoms with Crippen LogP contribution in [0, 0.1) is 0 Å². The van der Waals surface area contributed by atoms with E-state index in [-0.39, 0.29) is 17.7 Å². The first-order chi connectivity index (χ1) is 9.99. The minimum absolute atomic E-state index is 0.0167. The molecule has 0 radical (unpaired) electrons. The van der Waals surface area contributed by atoms with Crippen molar-refractivity contribution in [2.45, 2.75) is 19.4 Å². The second-order valence-electron chi connectivity index (χ2n) is 5.19. The van der Waals surface area contributed by atoms with Crippen molar-refractivity contribution in [3.8, 4) is 5.75 Å². The molecular weight excluding hydrogens is 292 g/mol. The van der Waals surface area contributed by atoms with E-state index in [9.17, 15) is 9.59 Å². The second kappa shape index (κ2) is 6.91. The first-order valence-electron chi connectivity index (χ1n) is 6.86.